The van der Waals surface area contributed by atoms with Gasteiger partial charge in [-0.1, -0.05) is 88.7 Å². The number of carbonyl (C=O) groups excluding carboxylic acids is 1. The van der Waals surface area contributed by atoms with E-state index in [0.717, 1.165) is 24.8 Å². The number of rotatable bonds is 5. The van der Waals surface area contributed by atoms with Gasteiger partial charge in [-0.2, -0.15) is 0 Å². The molecule has 166 valence electrons. The average molecular weight is 410 g/mol. The van der Waals surface area contributed by atoms with Gasteiger partial charge in [0.05, 0.1) is 0 Å². The molecule has 0 amide bonds. The Kier molecular flexibility index (Phi) is 11.4. The minimum Gasteiger partial charge on any atom is -0.321 e. The van der Waals surface area contributed by atoms with Gasteiger partial charge in [-0.15, -0.1) is 0 Å². The largest absolute Gasteiger partial charge is 0.321 e. The van der Waals surface area contributed by atoms with E-state index in [-0.39, 0.29) is 26.6 Å². The zero-order chi connectivity index (χ0) is 21.2. The predicted octanol–water partition coefficient (Wildman–Crippen LogP) is 7.70. The van der Waals surface area contributed by atoms with Crippen LogP contribution in [0.2, 0.25) is 0 Å². The maximum Gasteiger partial charge on any atom is 0.158 e. The molecule has 0 aliphatic heterocycles. The lowest BCUT2D eigenvalue weighted by atomic mass is 9.85. The zero-order valence-electron chi connectivity index (χ0n) is 18.5. The van der Waals surface area contributed by atoms with Crippen molar-refractivity contribution in [2.45, 2.75) is 79.2 Å². The van der Waals surface area contributed by atoms with Crippen LogP contribution in [-0.4, -0.2) is 5.78 Å². The first-order valence-corrected chi connectivity index (χ1v) is 11.1. The average Bonchev–Trinajstić information content (AvgIpc) is 3.00. The van der Waals surface area contributed by atoms with E-state index < -0.39 is 0 Å². The Bertz CT molecular complexity index is 780. The van der Waals surface area contributed by atoms with Crippen molar-refractivity contribution in [2.24, 2.45) is 11.7 Å². The van der Waals surface area contributed by atoms with Gasteiger partial charge in [0.2, 0.25) is 0 Å². The molecule has 2 aromatic carbocycles. The summed E-state index contributed by atoms with van der Waals surface area (Å²) in [6.45, 7) is 8.15. The van der Waals surface area contributed by atoms with Crippen LogP contribution in [-0.2, 0) is 4.79 Å². The van der Waals surface area contributed by atoms with Gasteiger partial charge in [0.1, 0.15) is 0 Å². The third-order valence-corrected chi connectivity index (χ3v) is 5.94. The fourth-order valence-electron chi connectivity index (χ4n) is 4.43. The van der Waals surface area contributed by atoms with Crippen molar-refractivity contribution in [3.8, 4) is 0 Å². The van der Waals surface area contributed by atoms with Crippen molar-refractivity contribution < 1.29 is 6.22 Å². The quantitative estimate of drug-likeness (QED) is 0.406. The fourth-order valence-corrected chi connectivity index (χ4v) is 4.43. The van der Waals surface area contributed by atoms with Crippen LogP contribution in [0.4, 0.5) is 0 Å². The summed E-state index contributed by atoms with van der Waals surface area (Å²) in [5.41, 5.74) is 11.2. The summed E-state index contributed by atoms with van der Waals surface area (Å²) in [5, 5.41) is 0. The fraction of sp³-hybridized carbons (Fsp3) is 0.464. The van der Waals surface area contributed by atoms with Crippen molar-refractivity contribution in [2.75, 3.05) is 0 Å². The number of hydrogen-bond donors (Lipinski definition) is 1. The normalized spacial score (nSPS) is 19.8. The van der Waals surface area contributed by atoms with Crippen LogP contribution in [0.15, 0.2) is 60.7 Å². The molecule has 2 aromatic rings. The Morgan fingerprint density at radius 2 is 1.60 bits per heavy atom. The van der Waals surface area contributed by atoms with E-state index in [1.165, 1.54) is 29.5 Å². The second-order valence-electron chi connectivity index (χ2n) is 7.92. The van der Waals surface area contributed by atoms with Gasteiger partial charge in [0, 0.05) is 13.4 Å². The highest BCUT2D eigenvalue weighted by Crippen LogP contribution is 2.35. The van der Waals surface area contributed by atoms with E-state index in [9.17, 15) is 4.79 Å². The second kappa shape index (κ2) is 13.2. The molecule has 0 spiro atoms. The maximum atomic E-state index is 12.9. The summed E-state index contributed by atoms with van der Waals surface area (Å²) in [6.07, 6.45) is 9.09. The molecule has 2 N–H and O–H groups in total. The van der Waals surface area contributed by atoms with Crippen LogP contribution in [0.3, 0.4) is 0 Å². The number of allylic oxidation sites excluding steroid dienone is 1. The first-order valence-electron chi connectivity index (χ1n) is 11.1. The Morgan fingerprint density at radius 1 is 1.00 bits per heavy atom. The summed E-state index contributed by atoms with van der Waals surface area (Å²) >= 11 is 0. The lowest BCUT2D eigenvalue weighted by molar-refractivity contribution is -0.118. The molecule has 1 fully saturated rings. The van der Waals surface area contributed by atoms with E-state index in [1.807, 2.05) is 26.0 Å². The molecular formula is C28H43NO. The van der Waals surface area contributed by atoms with Gasteiger partial charge in [-0.05, 0) is 67.4 Å². The topological polar surface area (TPSA) is 43.1 Å². The summed E-state index contributed by atoms with van der Waals surface area (Å²) in [5.74, 6) is 0.835. The first kappa shape index (κ1) is 25.8. The van der Waals surface area contributed by atoms with Crippen molar-refractivity contribution in [3.63, 3.8) is 0 Å². The lowest BCUT2D eigenvalue weighted by Crippen LogP contribution is -2.16. The highest BCUT2D eigenvalue weighted by molar-refractivity contribution is 5.91. The first-order chi connectivity index (χ1) is 14.1. The Labute approximate surface area is 186 Å². The Morgan fingerprint density at radius 3 is 2.23 bits per heavy atom. The Balaban J connectivity index is 0.00000219. The highest BCUT2D eigenvalue weighted by Gasteiger charge is 2.25. The zero-order valence-corrected chi connectivity index (χ0v) is 18.5. The molecule has 0 heterocycles. The van der Waals surface area contributed by atoms with Crippen LogP contribution in [0.25, 0.3) is 0 Å². The molecule has 0 aromatic heterocycles. The molecule has 2 nitrogen and oxygen atoms in total. The number of carbonyl (C=O) groups is 1. The van der Waals surface area contributed by atoms with E-state index in [4.69, 9.17) is 5.73 Å². The highest BCUT2D eigenvalue weighted by atomic mass is 16.1. The summed E-state index contributed by atoms with van der Waals surface area (Å²) in [4.78, 5) is 12.9. The number of benzene rings is 2. The van der Waals surface area contributed by atoms with Crippen LogP contribution >= 0.6 is 0 Å². The molecule has 0 bridgehead atoms. The summed E-state index contributed by atoms with van der Waals surface area (Å²) in [7, 11) is 0. The summed E-state index contributed by atoms with van der Waals surface area (Å²) in [6, 6.07) is 16.6. The molecule has 1 aliphatic carbocycles. The SMILES string of the molecule is C.CC.Cc1cccc(C)c1C(N)/C=C/C(=O)C1CCCCC(c2ccccc2)C1.[HH]. The van der Waals surface area contributed by atoms with Crippen molar-refractivity contribution >= 4 is 5.78 Å². The molecule has 3 unspecified atom stereocenters. The van der Waals surface area contributed by atoms with E-state index >= 15 is 0 Å². The molecule has 2 heteroatoms. The molecule has 3 rings (SSSR count). The Hall–Kier alpha value is -2.19. The van der Waals surface area contributed by atoms with Crippen LogP contribution in [0.1, 0.15) is 89.0 Å². The number of hydrogen-bond acceptors (Lipinski definition) is 2. The monoisotopic (exact) mass is 409 g/mol. The molecule has 1 aliphatic rings. The minimum absolute atomic E-state index is 0. The van der Waals surface area contributed by atoms with Crippen LogP contribution < -0.4 is 5.73 Å². The van der Waals surface area contributed by atoms with Gasteiger partial charge in [-0.25, -0.2) is 0 Å². The van der Waals surface area contributed by atoms with Crippen LogP contribution in [0, 0.1) is 19.8 Å². The predicted molar refractivity (Wildman–Crippen MR) is 133 cm³/mol. The molecule has 0 saturated heterocycles. The third kappa shape index (κ3) is 6.95. The van der Waals surface area contributed by atoms with Gasteiger partial charge < -0.3 is 5.73 Å². The lowest BCUT2D eigenvalue weighted by Gasteiger charge is -2.19. The molecule has 3 atom stereocenters. The molecule has 30 heavy (non-hydrogen) atoms. The minimum atomic E-state index is -0.231. The van der Waals surface area contributed by atoms with E-state index in [2.05, 4.69) is 56.3 Å². The van der Waals surface area contributed by atoms with Gasteiger partial charge in [0.15, 0.2) is 5.78 Å². The maximum absolute atomic E-state index is 12.9. The third-order valence-electron chi connectivity index (χ3n) is 5.94. The molecule has 0 radical (unpaired) electrons. The molecular weight excluding hydrogens is 366 g/mol. The van der Waals surface area contributed by atoms with Crippen molar-refractivity contribution in [1.29, 1.82) is 0 Å². The van der Waals surface area contributed by atoms with E-state index in [1.54, 1.807) is 6.08 Å². The van der Waals surface area contributed by atoms with Crippen molar-refractivity contribution in [3.05, 3.63) is 82.9 Å². The smallest absolute Gasteiger partial charge is 0.158 e. The van der Waals surface area contributed by atoms with Gasteiger partial charge >= 0.3 is 0 Å². The standard InChI is InChI=1S/C25H31NO.C2H6.CH4.H2/c1-18-9-8-10-19(2)25(18)23(26)15-16-24(27)22-14-7-6-13-21(17-22)20-11-4-3-5-12-20;1-2;;/h3-5,8-12,15-16,21-23H,6-7,13-14,17,26H2,1-2H3;1-2H3;1H4;1H/b16-15+;;;. The second-order valence-corrected chi connectivity index (χ2v) is 7.92. The number of ketones is 1. The number of aryl methyl sites for hydroxylation is 2. The van der Waals surface area contributed by atoms with Crippen molar-refractivity contribution in [1.82, 2.24) is 0 Å². The summed E-state index contributed by atoms with van der Waals surface area (Å²) < 4.78 is 0. The molecule has 1 saturated carbocycles. The van der Waals surface area contributed by atoms with Crippen LogP contribution in [0.5, 0.6) is 0 Å². The van der Waals surface area contributed by atoms with E-state index in [0.29, 0.717) is 5.92 Å². The van der Waals surface area contributed by atoms with Gasteiger partial charge in [0.25, 0.3) is 0 Å². The number of nitrogens with two attached hydrogens (primary N) is 1. The van der Waals surface area contributed by atoms with Gasteiger partial charge in [-0.3, -0.25) is 4.79 Å².